The van der Waals surface area contributed by atoms with Crippen LogP contribution >= 0.6 is 0 Å². The lowest BCUT2D eigenvalue weighted by molar-refractivity contribution is 0.0793. The molecule has 1 aromatic carbocycles. The molecule has 1 fully saturated rings. The van der Waals surface area contributed by atoms with Crippen LogP contribution in [-0.4, -0.2) is 33.3 Å². The van der Waals surface area contributed by atoms with Crippen LogP contribution in [0.25, 0.3) is 5.65 Å². The Hall–Kier alpha value is -3.15. The fourth-order valence-electron chi connectivity index (χ4n) is 3.76. The summed E-state index contributed by atoms with van der Waals surface area (Å²) in [5, 5.41) is 3.33. The van der Waals surface area contributed by atoms with Crippen molar-refractivity contribution in [2.75, 3.05) is 18.4 Å². The standard InChI is InChI=1S/C22H24N4O2/c1-15-7-5-9-18(20(15)22(28)25-10-3-4-11-25)23-14-17-13-19(27)26-12-6-8-16(2)21(26)24-17/h5-9,12-13,23H,3-4,10-11,14H2,1-2H3. The number of rotatable bonds is 4. The monoisotopic (exact) mass is 376 g/mol. The van der Waals surface area contributed by atoms with Crippen molar-refractivity contribution in [2.24, 2.45) is 0 Å². The zero-order chi connectivity index (χ0) is 19.7. The summed E-state index contributed by atoms with van der Waals surface area (Å²) < 4.78 is 1.55. The van der Waals surface area contributed by atoms with Gasteiger partial charge < -0.3 is 10.2 Å². The molecule has 2 aromatic heterocycles. The molecule has 3 heterocycles. The zero-order valence-electron chi connectivity index (χ0n) is 16.2. The quantitative estimate of drug-likeness (QED) is 0.760. The summed E-state index contributed by atoms with van der Waals surface area (Å²) in [5.74, 6) is 0.0699. The van der Waals surface area contributed by atoms with Crippen molar-refractivity contribution in [3.05, 3.63) is 75.3 Å². The summed E-state index contributed by atoms with van der Waals surface area (Å²) in [7, 11) is 0. The van der Waals surface area contributed by atoms with Crippen LogP contribution in [0.5, 0.6) is 0 Å². The first-order valence-corrected chi connectivity index (χ1v) is 9.65. The summed E-state index contributed by atoms with van der Waals surface area (Å²) in [6.45, 7) is 5.90. The number of likely N-dealkylation sites (tertiary alicyclic amines) is 1. The van der Waals surface area contributed by atoms with Crippen molar-refractivity contribution < 1.29 is 4.79 Å². The molecule has 0 spiro atoms. The van der Waals surface area contributed by atoms with Gasteiger partial charge in [-0.25, -0.2) is 4.98 Å². The molecule has 0 aliphatic carbocycles. The molecule has 28 heavy (non-hydrogen) atoms. The van der Waals surface area contributed by atoms with E-state index in [-0.39, 0.29) is 11.5 Å². The van der Waals surface area contributed by atoms with E-state index in [0.29, 0.717) is 23.4 Å². The number of aryl methyl sites for hydroxylation is 2. The predicted molar refractivity (Wildman–Crippen MR) is 110 cm³/mol. The Balaban J connectivity index is 1.63. The third kappa shape index (κ3) is 3.38. The Morgan fingerprint density at radius 2 is 1.86 bits per heavy atom. The molecular weight excluding hydrogens is 352 g/mol. The average Bonchev–Trinajstić information content (AvgIpc) is 3.22. The fourth-order valence-corrected chi connectivity index (χ4v) is 3.76. The van der Waals surface area contributed by atoms with E-state index in [1.54, 1.807) is 10.6 Å². The Bertz CT molecular complexity index is 1100. The summed E-state index contributed by atoms with van der Waals surface area (Å²) in [6, 6.07) is 11.1. The molecule has 1 N–H and O–H groups in total. The minimum absolute atomic E-state index is 0.0699. The van der Waals surface area contributed by atoms with Crippen LogP contribution in [0.4, 0.5) is 5.69 Å². The second-order valence-corrected chi connectivity index (χ2v) is 7.32. The topological polar surface area (TPSA) is 66.7 Å². The van der Waals surface area contributed by atoms with Gasteiger partial charge in [-0.3, -0.25) is 14.0 Å². The number of nitrogens with one attached hydrogen (secondary N) is 1. The molecule has 6 heteroatoms. The van der Waals surface area contributed by atoms with E-state index >= 15 is 0 Å². The Kier molecular flexibility index (Phi) is 4.86. The molecule has 4 rings (SSSR count). The lowest BCUT2D eigenvalue weighted by Gasteiger charge is -2.20. The molecular formula is C22H24N4O2. The van der Waals surface area contributed by atoms with E-state index in [9.17, 15) is 9.59 Å². The number of carbonyl (C=O) groups excluding carboxylic acids is 1. The number of anilines is 1. The molecule has 0 unspecified atom stereocenters. The van der Waals surface area contributed by atoms with Gasteiger partial charge in [0.15, 0.2) is 0 Å². The van der Waals surface area contributed by atoms with Gasteiger partial charge >= 0.3 is 0 Å². The molecule has 1 aliphatic heterocycles. The fraction of sp³-hybridized carbons (Fsp3) is 0.318. The highest BCUT2D eigenvalue weighted by Crippen LogP contribution is 2.24. The lowest BCUT2D eigenvalue weighted by atomic mass is 10.0. The number of amides is 1. The minimum Gasteiger partial charge on any atom is -0.379 e. The van der Waals surface area contributed by atoms with Gasteiger partial charge in [0.25, 0.3) is 11.5 Å². The van der Waals surface area contributed by atoms with Crippen LogP contribution in [0.2, 0.25) is 0 Å². The minimum atomic E-state index is -0.108. The number of benzene rings is 1. The highest BCUT2D eigenvalue weighted by atomic mass is 16.2. The molecule has 6 nitrogen and oxygen atoms in total. The van der Waals surface area contributed by atoms with E-state index in [4.69, 9.17) is 0 Å². The van der Waals surface area contributed by atoms with E-state index in [0.717, 1.165) is 42.7 Å². The third-order valence-electron chi connectivity index (χ3n) is 5.28. The third-order valence-corrected chi connectivity index (χ3v) is 5.28. The van der Waals surface area contributed by atoms with Crippen LogP contribution in [0.15, 0.2) is 47.4 Å². The number of carbonyl (C=O) groups is 1. The summed E-state index contributed by atoms with van der Waals surface area (Å²) >= 11 is 0. The first-order valence-electron chi connectivity index (χ1n) is 9.65. The van der Waals surface area contributed by atoms with Gasteiger partial charge in [0.2, 0.25) is 0 Å². The molecule has 0 radical (unpaired) electrons. The zero-order valence-corrected chi connectivity index (χ0v) is 16.2. The number of hydrogen-bond donors (Lipinski definition) is 1. The Labute approximate surface area is 163 Å². The number of pyridine rings is 1. The number of aromatic nitrogens is 2. The lowest BCUT2D eigenvalue weighted by Crippen LogP contribution is -2.29. The van der Waals surface area contributed by atoms with Crippen LogP contribution in [0, 0.1) is 13.8 Å². The largest absolute Gasteiger partial charge is 0.379 e. The molecule has 1 saturated heterocycles. The van der Waals surface area contributed by atoms with Crippen molar-refractivity contribution in [1.29, 1.82) is 0 Å². The van der Waals surface area contributed by atoms with E-state index in [1.165, 1.54) is 6.07 Å². The molecule has 1 amide bonds. The maximum Gasteiger partial charge on any atom is 0.258 e. The van der Waals surface area contributed by atoms with Crippen molar-refractivity contribution in [2.45, 2.75) is 33.2 Å². The van der Waals surface area contributed by atoms with Gasteiger partial charge in [-0.2, -0.15) is 0 Å². The number of fused-ring (bicyclic) bond motifs is 1. The van der Waals surface area contributed by atoms with Gasteiger partial charge in [0.05, 0.1) is 17.8 Å². The number of hydrogen-bond acceptors (Lipinski definition) is 4. The predicted octanol–water partition coefficient (Wildman–Crippen LogP) is 3.16. The van der Waals surface area contributed by atoms with Crippen LogP contribution in [0.3, 0.4) is 0 Å². The highest BCUT2D eigenvalue weighted by molar-refractivity contribution is 6.01. The van der Waals surface area contributed by atoms with Crippen LogP contribution in [0.1, 0.15) is 40.0 Å². The first-order chi connectivity index (χ1) is 13.5. The molecule has 0 saturated carbocycles. The number of nitrogens with zero attached hydrogens (tertiary/aromatic N) is 3. The molecule has 1 aliphatic rings. The van der Waals surface area contributed by atoms with Crippen LogP contribution < -0.4 is 10.9 Å². The van der Waals surface area contributed by atoms with Gasteiger partial charge in [-0.1, -0.05) is 18.2 Å². The van der Waals surface area contributed by atoms with Gasteiger partial charge in [0, 0.05) is 31.0 Å². The molecule has 0 atom stereocenters. The Morgan fingerprint density at radius 1 is 1.11 bits per heavy atom. The highest BCUT2D eigenvalue weighted by Gasteiger charge is 2.23. The van der Waals surface area contributed by atoms with E-state index in [2.05, 4.69) is 10.3 Å². The SMILES string of the molecule is Cc1cccc(NCc2cc(=O)n3cccc(C)c3n2)c1C(=O)N1CCCC1. The van der Waals surface area contributed by atoms with E-state index in [1.807, 2.05) is 49.1 Å². The van der Waals surface area contributed by atoms with E-state index < -0.39 is 0 Å². The maximum atomic E-state index is 13.0. The second kappa shape index (κ2) is 7.46. The summed E-state index contributed by atoms with van der Waals surface area (Å²) in [6.07, 6.45) is 3.84. The van der Waals surface area contributed by atoms with Gasteiger partial charge in [0.1, 0.15) is 5.65 Å². The molecule has 3 aromatic rings. The summed E-state index contributed by atoms with van der Waals surface area (Å²) in [5.41, 5.74) is 4.58. The molecule has 0 bridgehead atoms. The summed E-state index contributed by atoms with van der Waals surface area (Å²) in [4.78, 5) is 31.9. The van der Waals surface area contributed by atoms with Crippen molar-refractivity contribution in [1.82, 2.24) is 14.3 Å². The van der Waals surface area contributed by atoms with Crippen molar-refractivity contribution in [3.8, 4) is 0 Å². The van der Waals surface area contributed by atoms with Crippen molar-refractivity contribution in [3.63, 3.8) is 0 Å². The van der Waals surface area contributed by atoms with Gasteiger partial charge in [-0.05, 0) is 49.9 Å². The first kappa shape index (κ1) is 18.2. The smallest absolute Gasteiger partial charge is 0.258 e. The normalized spacial score (nSPS) is 13.9. The second-order valence-electron chi connectivity index (χ2n) is 7.32. The van der Waals surface area contributed by atoms with Crippen LogP contribution in [-0.2, 0) is 6.54 Å². The van der Waals surface area contributed by atoms with Crippen molar-refractivity contribution >= 4 is 17.2 Å². The average molecular weight is 376 g/mol. The maximum absolute atomic E-state index is 13.0. The Morgan fingerprint density at radius 3 is 2.64 bits per heavy atom. The van der Waals surface area contributed by atoms with Gasteiger partial charge in [-0.15, -0.1) is 0 Å². The molecule has 144 valence electrons.